The number of hydrogen-bond donors (Lipinski definition) is 1. The van der Waals surface area contributed by atoms with Crippen molar-refractivity contribution in [3.63, 3.8) is 0 Å². The molecule has 0 aliphatic carbocycles. The second-order valence-electron chi connectivity index (χ2n) is 5.29. The van der Waals surface area contributed by atoms with Gasteiger partial charge in [0, 0.05) is 25.6 Å². The van der Waals surface area contributed by atoms with Crippen LogP contribution in [0.4, 0.5) is 0 Å². The Balaban J connectivity index is 2.41. The van der Waals surface area contributed by atoms with Crippen molar-refractivity contribution in [2.75, 3.05) is 20.1 Å². The Labute approximate surface area is 106 Å². The molecule has 3 nitrogen and oxygen atoms in total. The Kier molecular flexibility index (Phi) is 6.56. The van der Waals surface area contributed by atoms with Crippen LogP contribution in [0.5, 0.6) is 0 Å². The average molecular weight is 240 g/mol. The third kappa shape index (κ3) is 4.66. The van der Waals surface area contributed by atoms with Crippen LogP contribution in [0.25, 0.3) is 0 Å². The van der Waals surface area contributed by atoms with Crippen LogP contribution < -0.4 is 5.32 Å². The zero-order valence-corrected chi connectivity index (χ0v) is 11.7. The molecular weight excluding hydrogens is 212 g/mol. The van der Waals surface area contributed by atoms with Crippen molar-refractivity contribution in [3.05, 3.63) is 0 Å². The van der Waals surface area contributed by atoms with E-state index in [0.717, 1.165) is 38.8 Å². The molecule has 1 fully saturated rings. The number of amides is 1. The van der Waals surface area contributed by atoms with Crippen LogP contribution in [0.3, 0.4) is 0 Å². The third-order valence-electron chi connectivity index (χ3n) is 3.66. The van der Waals surface area contributed by atoms with Crippen molar-refractivity contribution >= 4 is 5.91 Å². The minimum Gasteiger partial charge on any atom is -0.344 e. The second-order valence-corrected chi connectivity index (χ2v) is 5.29. The van der Waals surface area contributed by atoms with Crippen LogP contribution in [0.15, 0.2) is 0 Å². The standard InChI is InChI=1S/C14H28N2O/c1-4-7-12(8-5-2)14(17)16(3)11-13-9-6-10-15-13/h12-13,15H,4-11H2,1-3H3. The first-order valence-electron chi connectivity index (χ1n) is 7.17. The predicted octanol–water partition coefficient (Wildman–Crippen LogP) is 2.41. The number of rotatable bonds is 7. The van der Waals surface area contributed by atoms with Gasteiger partial charge in [-0.3, -0.25) is 4.79 Å². The lowest BCUT2D eigenvalue weighted by atomic mass is 9.96. The van der Waals surface area contributed by atoms with Gasteiger partial charge in [0.1, 0.15) is 0 Å². The van der Waals surface area contributed by atoms with E-state index in [4.69, 9.17) is 0 Å². The van der Waals surface area contributed by atoms with Gasteiger partial charge in [-0.2, -0.15) is 0 Å². The summed E-state index contributed by atoms with van der Waals surface area (Å²) in [6, 6.07) is 0.521. The molecule has 1 aliphatic rings. The molecule has 100 valence electrons. The van der Waals surface area contributed by atoms with Gasteiger partial charge >= 0.3 is 0 Å². The fourth-order valence-electron chi connectivity index (χ4n) is 2.73. The van der Waals surface area contributed by atoms with E-state index < -0.39 is 0 Å². The summed E-state index contributed by atoms with van der Waals surface area (Å²) in [7, 11) is 1.96. The second kappa shape index (κ2) is 7.70. The van der Waals surface area contributed by atoms with E-state index >= 15 is 0 Å². The summed E-state index contributed by atoms with van der Waals surface area (Å²) in [4.78, 5) is 14.3. The molecule has 1 atom stereocenters. The fraction of sp³-hybridized carbons (Fsp3) is 0.929. The average Bonchev–Trinajstić information content (AvgIpc) is 2.80. The molecule has 17 heavy (non-hydrogen) atoms. The first-order valence-corrected chi connectivity index (χ1v) is 7.17. The Hall–Kier alpha value is -0.570. The van der Waals surface area contributed by atoms with E-state index in [1.165, 1.54) is 12.8 Å². The molecule has 0 radical (unpaired) electrons. The van der Waals surface area contributed by atoms with E-state index in [1.807, 2.05) is 11.9 Å². The Morgan fingerprint density at radius 1 is 1.35 bits per heavy atom. The van der Waals surface area contributed by atoms with Gasteiger partial charge in [-0.05, 0) is 32.2 Å². The lowest BCUT2D eigenvalue weighted by Crippen LogP contribution is -2.41. The number of nitrogens with zero attached hydrogens (tertiary/aromatic N) is 1. The van der Waals surface area contributed by atoms with Crippen molar-refractivity contribution in [3.8, 4) is 0 Å². The molecule has 1 saturated heterocycles. The number of carbonyl (C=O) groups is 1. The molecule has 1 N–H and O–H groups in total. The van der Waals surface area contributed by atoms with Crippen molar-refractivity contribution in [1.82, 2.24) is 10.2 Å². The van der Waals surface area contributed by atoms with Crippen molar-refractivity contribution in [1.29, 1.82) is 0 Å². The molecule has 3 heteroatoms. The lowest BCUT2D eigenvalue weighted by Gasteiger charge is -2.26. The minimum atomic E-state index is 0.247. The molecule has 0 aromatic heterocycles. The van der Waals surface area contributed by atoms with E-state index in [9.17, 15) is 4.79 Å². The molecule has 0 spiro atoms. The molecule has 0 aromatic rings. The monoisotopic (exact) mass is 240 g/mol. The highest BCUT2D eigenvalue weighted by Crippen LogP contribution is 2.17. The lowest BCUT2D eigenvalue weighted by molar-refractivity contribution is -0.135. The first kappa shape index (κ1) is 14.5. The van der Waals surface area contributed by atoms with Gasteiger partial charge in [-0.25, -0.2) is 0 Å². The molecular formula is C14H28N2O. The summed E-state index contributed by atoms with van der Waals surface area (Å²) < 4.78 is 0. The summed E-state index contributed by atoms with van der Waals surface area (Å²) in [5.41, 5.74) is 0. The largest absolute Gasteiger partial charge is 0.344 e. The number of hydrogen-bond acceptors (Lipinski definition) is 2. The van der Waals surface area contributed by atoms with Crippen LogP contribution in [0.1, 0.15) is 52.4 Å². The van der Waals surface area contributed by atoms with E-state index in [2.05, 4.69) is 19.2 Å². The SMILES string of the molecule is CCCC(CCC)C(=O)N(C)CC1CCCN1. The summed E-state index contributed by atoms with van der Waals surface area (Å²) in [6.45, 7) is 6.31. The Morgan fingerprint density at radius 2 is 2.00 bits per heavy atom. The minimum absolute atomic E-state index is 0.247. The highest BCUT2D eigenvalue weighted by Gasteiger charge is 2.23. The summed E-state index contributed by atoms with van der Waals surface area (Å²) in [5, 5.41) is 3.45. The molecule has 0 bridgehead atoms. The maximum absolute atomic E-state index is 12.3. The van der Waals surface area contributed by atoms with E-state index in [1.54, 1.807) is 0 Å². The predicted molar refractivity (Wildman–Crippen MR) is 72.0 cm³/mol. The van der Waals surface area contributed by atoms with Crippen molar-refractivity contribution in [2.45, 2.75) is 58.4 Å². The summed E-state index contributed by atoms with van der Waals surface area (Å²) >= 11 is 0. The maximum atomic E-state index is 12.3. The van der Waals surface area contributed by atoms with Gasteiger partial charge in [-0.1, -0.05) is 26.7 Å². The summed E-state index contributed by atoms with van der Waals surface area (Å²) in [5.74, 6) is 0.596. The van der Waals surface area contributed by atoms with Gasteiger partial charge in [0.05, 0.1) is 0 Å². The Bertz CT molecular complexity index is 218. The van der Waals surface area contributed by atoms with Crippen molar-refractivity contribution in [2.24, 2.45) is 5.92 Å². The molecule has 1 amide bonds. The molecule has 0 saturated carbocycles. The normalized spacial score (nSPS) is 19.9. The van der Waals surface area contributed by atoms with Gasteiger partial charge in [0.25, 0.3) is 0 Å². The maximum Gasteiger partial charge on any atom is 0.225 e. The number of carbonyl (C=O) groups excluding carboxylic acids is 1. The zero-order chi connectivity index (χ0) is 12.7. The van der Waals surface area contributed by atoms with Gasteiger partial charge in [0.15, 0.2) is 0 Å². The van der Waals surface area contributed by atoms with Crippen LogP contribution in [-0.2, 0) is 4.79 Å². The molecule has 1 heterocycles. The van der Waals surface area contributed by atoms with Gasteiger partial charge < -0.3 is 10.2 Å². The number of nitrogens with one attached hydrogen (secondary N) is 1. The molecule has 0 aromatic carbocycles. The van der Waals surface area contributed by atoms with Crippen LogP contribution in [-0.4, -0.2) is 37.0 Å². The van der Waals surface area contributed by atoms with Crippen molar-refractivity contribution < 1.29 is 4.79 Å². The topological polar surface area (TPSA) is 32.3 Å². The smallest absolute Gasteiger partial charge is 0.225 e. The number of likely N-dealkylation sites (N-methyl/N-ethyl adjacent to an activating group) is 1. The molecule has 1 aliphatic heterocycles. The Morgan fingerprint density at radius 3 is 2.47 bits per heavy atom. The third-order valence-corrected chi connectivity index (χ3v) is 3.66. The van der Waals surface area contributed by atoms with Crippen LogP contribution in [0, 0.1) is 5.92 Å². The molecule has 1 rings (SSSR count). The van der Waals surface area contributed by atoms with Gasteiger partial charge in [0.2, 0.25) is 5.91 Å². The van der Waals surface area contributed by atoms with Crippen LogP contribution >= 0.6 is 0 Å². The highest BCUT2D eigenvalue weighted by atomic mass is 16.2. The first-order chi connectivity index (χ1) is 8.19. The van der Waals surface area contributed by atoms with Gasteiger partial charge in [-0.15, -0.1) is 0 Å². The van der Waals surface area contributed by atoms with E-state index in [-0.39, 0.29) is 5.92 Å². The quantitative estimate of drug-likeness (QED) is 0.741. The summed E-state index contributed by atoms with van der Waals surface area (Å²) in [6.07, 6.45) is 6.74. The zero-order valence-electron chi connectivity index (χ0n) is 11.7. The van der Waals surface area contributed by atoms with E-state index in [0.29, 0.717) is 11.9 Å². The van der Waals surface area contributed by atoms with Crippen LogP contribution in [0.2, 0.25) is 0 Å². The highest BCUT2D eigenvalue weighted by molar-refractivity contribution is 5.78. The molecule has 1 unspecified atom stereocenters. The fourth-order valence-corrected chi connectivity index (χ4v) is 2.73.